The Balaban J connectivity index is 1.82. The molecule has 0 aromatic heterocycles. The standard InChI is InChI=1S/C17H25FN2/c1-12(2)11-20(14-8-9-14)17-5-3-4-16(18)15(17)10-19-13-6-7-13/h3-5,12-14,19H,6-11H2,1-2H3. The second kappa shape index (κ2) is 5.72. The molecule has 2 aliphatic carbocycles. The summed E-state index contributed by atoms with van der Waals surface area (Å²) < 4.78 is 14.2. The van der Waals surface area contributed by atoms with Gasteiger partial charge in [0.2, 0.25) is 0 Å². The first-order valence-electron chi connectivity index (χ1n) is 7.92. The van der Waals surface area contributed by atoms with E-state index in [0.717, 1.165) is 17.8 Å². The summed E-state index contributed by atoms with van der Waals surface area (Å²) >= 11 is 0. The van der Waals surface area contributed by atoms with Crippen LogP contribution >= 0.6 is 0 Å². The molecule has 1 aromatic carbocycles. The third-order valence-corrected chi connectivity index (χ3v) is 4.10. The molecule has 0 radical (unpaired) electrons. The lowest BCUT2D eigenvalue weighted by Crippen LogP contribution is -2.31. The van der Waals surface area contributed by atoms with Crippen LogP contribution in [0.3, 0.4) is 0 Å². The van der Waals surface area contributed by atoms with Gasteiger partial charge in [-0.3, -0.25) is 0 Å². The normalized spacial score (nSPS) is 18.6. The molecular weight excluding hydrogens is 251 g/mol. The molecule has 3 rings (SSSR count). The maximum atomic E-state index is 14.2. The van der Waals surface area contributed by atoms with Gasteiger partial charge in [-0.15, -0.1) is 0 Å². The quantitative estimate of drug-likeness (QED) is 0.817. The highest BCUT2D eigenvalue weighted by Crippen LogP contribution is 2.35. The predicted molar refractivity (Wildman–Crippen MR) is 81.5 cm³/mol. The van der Waals surface area contributed by atoms with Crippen LogP contribution in [-0.4, -0.2) is 18.6 Å². The maximum absolute atomic E-state index is 14.2. The Bertz CT molecular complexity index is 464. The molecule has 3 heteroatoms. The van der Waals surface area contributed by atoms with Crippen LogP contribution in [0.5, 0.6) is 0 Å². The van der Waals surface area contributed by atoms with E-state index in [1.807, 2.05) is 6.07 Å². The molecule has 0 saturated heterocycles. The average molecular weight is 276 g/mol. The van der Waals surface area contributed by atoms with Gasteiger partial charge in [0.1, 0.15) is 5.82 Å². The second-order valence-electron chi connectivity index (χ2n) is 6.67. The summed E-state index contributed by atoms with van der Waals surface area (Å²) in [5, 5.41) is 3.45. The number of hydrogen-bond acceptors (Lipinski definition) is 2. The molecule has 20 heavy (non-hydrogen) atoms. The summed E-state index contributed by atoms with van der Waals surface area (Å²) in [6, 6.07) is 6.77. The topological polar surface area (TPSA) is 15.3 Å². The molecule has 0 amide bonds. The summed E-state index contributed by atoms with van der Waals surface area (Å²) in [7, 11) is 0. The van der Waals surface area contributed by atoms with Crippen molar-refractivity contribution < 1.29 is 4.39 Å². The van der Waals surface area contributed by atoms with Crippen molar-refractivity contribution in [2.75, 3.05) is 11.4 Å². The lowest BCUT2D eigenvalue weighted by molar-refractivity contribution is 0.573. The first-order chi connectivity index (χ1) is 9.65. The van der Waals surface area contributed by atoms with Gasteiger partial charge in [0, 0.05) is 36.4 Å². The van der Waals surface area contributed by atoms with E-state index in [9.17, 15) is 4.39 Å². The molecule has 1 N–H and O–H groups in total. The van der Waals surface area contributed by atoms with Crippen molar-refractivity contribution in [1.82, 2.24) is 5.32 Å². The fourth-order valence-electron chi connectivity index (χ4n) is 2.75. The van der Waals surface area contributed by atoms with Crippen molar-refractivity contribution in [2.24, 2.45) is 5.92 Å². The van der Waals surface area contributed by atoms with Crippen LogP contribution in [0.4, 0.5) is 10.1 Å². The summed E-state index contributed by atoms with van der Waals surface area (Å²) in [5.74, 6) is 0.535. The van der Waals surface area contributed by atoms with E-state index in [0.29, 0.717) is 24.5 Å². The smallest absolute Gasteiger partial charge is 0.129 e. The molecule has 2 nitrogen and oxygen atoms in total. The van der Waals surface area contributed by atoms with Gasteiger partial charge in [-0.25, -0.2) is 4.39 Å². The summed E-state index contributed by atoms with van der Waals surface area (Å²) in [5.41, 5.74) is 1.96. The van der Waals surface area contributed by atoms with E-state index < -0.39 is 0 Å². The molecule has 0 atom stereocenters. The zero-order valence-corrected chi connectivity index (χ0v) is 12.5. The molecule has 2 fully saturated rings. The van der Waals surface area contributed by atoms with Crippen LogP contribution in [0, 0.1) is 11.7 Å². The van der Waals surface area contributed by atoms with Crippen molar-refractivity contribution in [1.29, 1.82) is 0 Å². The Kier molecular flexibility index (Phi) is 3.97. The first kappa shape index (κ1) is 13.9. The summed E-state index contributed by atoms with van der Waals surface area (Å²) in [6.45, 7) is 6.14. The molecule has 0 aliphatic heterocycles. The van der Waals surface area contributed by atoms with Crippen molar-refractivity contribution >= 4 is 5.69 Å². The SMILES string of the molecule is CC(C)CN(c1cccc(F)c1CNC1CC1)C1CC1. The minimum atomic E-state index is -0.0648. The second-order valence-corrected chi connectivity index (χ2v) is 6.67. The first-order valence-corrected chi connectivity index (χ1v) is 7.92. The molecule has 2 aliphatic rings. The van der Waals surface area contributed by atoms with E-state index in [4.69, 9.17) is 0 Å². The van der Waals surface area contributed by atoms with E-state index in [1.165, 1.54) is 25.7 Å². The Morgan fingerprint density at radius 3 is 2.60 bits per heavy atom. The van der Waals surface area contributed by atoms with Crippen molar-refractivity contribution in [3.8, 4) is 0 Å². The molecule has 0 heterocycles. The lowest BCUT2D eigenvalue weighted by atomic mass is 10.1. The molecule has 2 saturated carbocycles. The molecule has 110 valence electrons. The monoisotopic (exact) mass is 276 g/mol. The zero-order valence-electron chi connectivity index (χ0n) is 12.5. The third-order valence-electron chi connectivity index (χ3n) is 4.10. The van der Waals surface area contributed by atoms with Crippen molar-refractivity contribution in [3.05, 3.63) is 29.6 Å². The van der Waals surface area contributed by atoms with Gasteiger partial charge in [0.15, 0.2) is 0 Å². The van der Waals surface area contributed by atoms with Gasteiger partial charge in [-0.2, -0.15) is 0 Å². The minimum Gasteiger partial charge on any atom is -0.368 e. The highest BCUT2D eigenvalue weighted by atomic mass is 19.1. The molecular formula is C17H25FN2. The van der Waals surface area contributed by atoms with Crippen LogP contribution in [-0.2, 0) is 6.54 Å². The van der Waals surface area contributed by atoms with Crippen LogP contribution in [0.25, 0.3) is 0 Å². The Morgan fingerprint density at radius 2 is 2.00 bits per heavy atom. The molecule has 0 spiro atoms. The third kappa shape index (κ3) is 3.32. The van der Waals surface area contributed by atoms with Gasteiger partial charge in [0.05, 0.1) is 0 Å². The van der Waals surface area contributed by atoms with Crippen LogP contribution < -0.4 is 10.2 Å². The number of hydrogen-bond donors (Lipinski definition) is 1. The molecule has 0 bridgehead atoms. The average Bonchev–Trinajstić information content (AvgIpc) is 3.27. The fraction of sp³-hybridized carbons (Fsp3) is 0.647. The van der Waals surface area contributed by atoms with Gasteiger partial charge >= 0.3 is 0 Å². The number of benzene rings is 1. The molecule has 1 aromatic rings. The lowest BCUT2D eigenvalue weighted by Gasteiger charge is -2.29. The number of nitrogens with one attached hydrogen (secondary N) is 1. The van der Waals surface area contributed by atoms with Gasteiger partial charge < -0.3 is 10.2 Å². The van der Waals surface area contributed by atoms with Crippen molar-refractivity contribution in [3.63, 3.8) is 0 Å². The number of rotatable bonds is 7. The summed E-state index contributed by atoms with van der Waals surface area (Å²) in [4.78, 5) is 2.43. The number of anilines is 1. The van der Waals surface area contributed by atoms with E-state index in [1.54, 1.807) is 6.07 Å². The van der Waals surface area contributed by atoms with E-state index in [-0.39, 0.29) is 5.82 Å². The Labute approximate surface area is 121 Å². The van der Waals surface area contributed by atoms with Crippen LogP contribution in [0.1, 0.15) is 45.1 Å². The Hall–Kier alpha value is -1.09. The predicted octanol–water partition coefficient (Wildman–Crippen LogP) is 3.70. The highest BCUT2D eigenvalue weighted by molar-refractivity contribution is 5.56. The maximum Gasteiger partial charge on any atom is 0.129 e. The van der Waals surface area contributed by atoms with Gasteiger partial charge in [0.25, 0.3) is 0 Å². The van der Waals surface area contributed by atoms with Crippen molar-refractivity contribution in [2.45, 2.75) is 58.2 Å². The number of nitrogens with zero attached hydrogens (tertiary/aromatic N) is 1. The highest BCUT2D eigenvalue weighted by Gasteiger charge is 2.31. The molecule has 0 unspecified atom stereocenters. The van der Waals surface area contributed by atoms with E-state index >= 15 is 0 Å². The van der Waals surface area contributed by atoms with Gasteiger partial charge in [-0.1, -0.05) is 19.9 Å². The zero-order chi connectivity index (χ0) is 14.1. The van der Waals surface area contributed by atoms with E-state index in [2.05, 4.69) is 30.1 Å². The fourth-order valence-corrected chi connectivity index (χ4v) is 2.75. The number of halogens is 1. The Morgan fingerprint density at radius 1 is 1.25 bits per heavy atom. The van der Waals surface area contributed by atoms with Gasteiger partial charge in [-0.05, 0) is 43.7 Å². The minimum absolute atomic E-state index is 0.0648. The largest absolute Gasteiger partial charge is 0.368 e. The van der Waals surface area contributed by atoms with Crippen LogP contribution in [0.2, 0.25) is 0 Å². The van der Waals surface area contributed by atoms with Crippen LogP contribution in [0.15, 0.2) is 18.2 Å². The summed E-state index contributed by atoms with van der Waals surface area (Å²) in [6.07, 6.45) is 4.97.